The van der Waals surface area contributed by atoms with Crippen molar-refractivity contribution in [3.63, 3.8) is 0 Å². The maximum atomic E-state index is 9.80. The number of rotatable bonds is 2. The maximum absolute atomic E-state index is 9.80. The number of hydrogen-bond acceptors (Lipinski definition) is 5. The van der Waals surface area contributed by atoms with Gasteiger partial charge in [-0.25, -0.2) is 0 Å². The summed E-state index contributed by atoms with van der Waals surface area (Å²) in [5.41, 5.74) is 0.866. The Bertz CT molecular complexity index is 434. The van der Waals surface area contributed by atoms with Crippen LogP contribution < -0.4 is 0 Å². The van der Waals surface area contributed by atoms with Crippen LogP contribution in [0.15, 0.2) is 16.7 Å². The second-order valence-electron chi connectivity index (χ2n) is 3.01. The van der Waals surface area contributed by atoms with Gasteiger partial charge < -0.3 is 9.52 Å². The van der Waals surface area contributed by atoms with Crippen molar-refractivity contribution in [2.75, 3.05) is 0 Å². The Hall–Kier alpha value is -1.69. The summed E-state index contributed by atoms with van der Waals surface area (Å²) < 4.78 is 5.12. The van der Waals surface area contributed by atoms with Crippen molar-refractivity contribution in [2.45, 2.75) is 13.0 Å². The zero-order chi connectivity index (χ0) is 10.1. The van der Waals surface area contributed by atoms with E-state index in [1.165, 1.54) is 11.1 Å². The van der Waals surface area contributed by atoms with Crippen molar-refractivity contribution >= 4 is 0 Å². The number of aliphatic hydroxyl groups is 1. The number of furan rings is 1. The predicted molar refractivity (Wildman–Crippen MR) is 46.3 cm³/mol. The van der Waals surface area contributed by atoms with E-state index in [4.69, 9.17) is 4.42 Å². The van der Waals surface area contributed by atoms with Crippen LogP contribution in [0, 0.1) is 6.92 Å². The largest absolute Gasteiger partial charge is 0.466 e. The lowest BCUT2D eigenvalue weighted by Gasteiger charge is -2.02. The van der Waals surface area contributed by atoms with Crippen LogP contribution >= 0.6 is 0 Å². The van der Waals surface area contributed by atoms with E-state index in [9.17, 15) is 5.11 Å². The normalized spacial score (nSPS) is 13.1. The maximum Gasteiger partial charge on any atom is 0.210 e. The highest BCUT2D eigenvalue weighted by Crippen LogP contribution is 2.22. The Balaban J connectivity index is 2.33. The monoisotopic (exact) mass is 194 g/mol. The third-order valence-electron chi connectivity index (χ3n) is 1.92. The Morgan fingerprint density at radius 1 is 1.57 bits per heavy atom. The SMILES string of the molecule is Cc1ccoc1C(O)c1nnn(C)n1. The summed E-state index contributed by atoms with van der Waals surface area (Å²) in [7, 11) is 1.64. The molecule has 0 fully saturated rings. The molecule has 0 saturated carbocycles. The van der Waals surface area contributed by atoms with Crippen LogP contribution in [-0.4, -0.2) is 25.3 Å². The van der Waals surface area contributed by atoms with Gasteiger partial charge in [-0.05, 0) is 23.8 Å². The Morgan fingerprint density at radius 2 is 2.36 bits per heavy atom. The zero-order valence-electron chi connectivity index (χ0n) is 7.88. The molecular formula is C8H10N4O2. The van der Waals surface area contributed by atoms with E-state index in [1.807, 2.05) is 6.92 Å². The van der Waals surface area contributed by atoms with Gasteiger partial charge in [0.05, 0.1) is 13.3 Å². The predicted octanol–water partition coefficient (Wildman–Crippen LogP) is 0.193. The van der Waals surface area contributed by atoms with Crippen molar-refractivity contribution in [3.8, 4) is 0 Å². The smallest absolute Gasteiger partial charge is 0.210 e. The molecule has 2 rings (SSSR count). The van der Waals surface area contributed by atoms with E-state index >= 15 is 0 Å². The fourth-order valence-corrected chi connectivity index (χ4v) is 1.19. The molecule has 1 unspecified atom stereocenters. The molecule has 0 amide bonds. The van der Waals surface area contributed by atoms with Gasteiger partial charge in [0.25, 0.3) is 0 Å². The lowest BCUT2D eigenvalue weighted by Crippen LogP contribution is -2.03. The minimum Gasteiger partial charge on any atom is -0.466 e. The highest BCUT2D eigenvalue weighted by atomic mass is 16.4. The average Bonchev–Trinajstić information content (AvgIpc) is 2.73. The molecule has 0 radical (unpaired) electrons. The molecule has 0 aliphatic carbocycles. The molecule has 6 heteroatoms. The Kier molecular flexibility index (Phi) is 2.05. The van der Waals surface area contributed by atoms with Crippen molar-refractivity contribution in [3.05, 3.63) is 29.5 Å². The van der Waals surface area contributed by atoms with Gasteiger partial charge in [0.2, 0.25) is 5.82 Å². The first-order valence-corrected chi connectivity index (χ1v) is 4.14. The van der Waals surface area contributed by atoms with Crippen molar-refractivity contribution in [1.82, 2.24) is 20.2 Å². The van der Waals surface area contributed by atoms with E-state index in [0.29, 0.717) is 5.76 Å². The molecule has 2 heterocycles. The zero-order valence-corrected chi connectivity index (χ0v) is 7.88. The molecule has 2 aromatic rings. The third kappa shape index (κ3) is 1.39. The lowest BCUT2D eigenvalue weighted by atomic mass is 10.2. The molecule has 0 aliphatic heterocycles. The van der Waals surface area contributed by atoms with Gasteiger partial charge in [0.1, 0.15) is 5.76 Å². The van der Waals surface area contributed by atoms with E-state index in [0.717, 1.165) is 5.56 Å². The van der Waals surface area contributed by atoms with Crippen LogP contribution in [0.25, 0.3) is 0 Å². The molecule has 0 saturated heterocycles. The van der Waals surface area contributed by atoms with Crippen molar-refractivity contribution in [2.24, 2.45) is 7.05 Å². The number of hydrogen-bond donors (Lipinski definition) is 1. The van der Waals surface area contributed by atoms with Gasteiger partial charge in [-0.2, -0.15) is 4.80 Å². The summed E-state index contributed by atoms with van der Waals surface area (Å²) in [5.74, 6) is 0.698. The molecule has 2 aromatic heterocycles. The number of nitrogens with zero attached hydrogens (tertiary/aromatic N) is 4. The van der Waals surface area contributed by atoms with Crippen LogP contribution in [0.1, 0.15) is 23.3 Å². The number of aliphatic hydroxyl groups excluding tert-OH is 1. The summed E-state index contributed by atoms with van der Waals surface area (Å²) in [6, 6.07) is 1.77. The summed E-state index contributed by atoms with van der Waals surface area (Å²) >= 11 is 0. The number of aromatic nitrogens is 4. The van der Waals surface area contributed by atoms with Crippen LogP contribution in [0.2, 0.25) is 0 Å². The summed E-state index contributed by atoms with van der Waals surface area (Å²) in [5, 5.41) is 21.0. The lowest BCUT2D eigenvalue weighted by molar-refractivity contribution is 0.178. The molecule has 0 spiro atoms. The van der Waals surface area contributed by atoms with Crippen LogP contribution in [0.4, 0.5) is 0 Å². The topological polar surface area (TPSA) is 77.0 Å². The number of tetrazole rings is 1. The molecule has 0 bridgehead atoms. The standard InChI is InChI=1S/C8H10N4O2/c1-5-3-4-14-7(5)6(13)8-9-11-12(2)10-8/h3-4,6,13H,1-2H3. The van der Waals surface area contributed by atoms with Gasteiger partial charge in [-0.3, -0.25) is 0 Å². The third-order valence-corrected chi connectivity index (χ3v) is 1.92. The van der Waals surface area contributed by atoms with Crippen LogP contribution in [0.3, 0.4) is 0 Å². The van der Waals surface area contributed by atoms with Gasteiger partial charge in [0, 0.05) is 0 Å². The molecule has 14 heavy (non-hydrogen) atoms. The van der Waals surface area contributed by atoms with Gasteiger partial charge >= 0.3 is 0 Å². The molecule has 6 nitrogen and oxygen atoms in total. The molecule has 74 valence electrons. The van der Waals surface area contributed by atoms with Gasteiger partial charge in [0.15, 0.2) is 6.10 Å². The van der Waals surface area contributed by atoms with Crippen molar-refractivity contribution < 1.29 is 9.52 Å². The first-order chi connectivity index (χ1) is 6.68. The minimum absolute atomic E-state index is 0.241. The minimum atomic E-state index is -0.946. The van der Waals surface area contributed by atoms with E-state index in [-0.39, 0.29) is 5.82 Å². The van der Waals surface area contributed by atoms with Gasteiger partial charge in [-0.15, -0.1) is 10.2 Å². The second kappa shape index (κ2) is 3.22. The molecule has 0 aliphatic rings. The first kappa shape index (κ1) is 8.89. The highest BCUT2D eigenvalue weighted by Gasteiger charge is 2.20. The van der Waals surface area contributed by atoms with Gasteiger partial charge in [-0.1, -0.05) is 0 Å². The Labute approximate surface area is 80.2 Å². The van der Waals surface area contributed by atoms with Crippen LogP contribution in [0.5, 0.6) is 0 Å². The van der Waals surface area contributed by atoms with E-state index in [2.05, 4.69) is 15.4 Å². The Morgan fingerprint density at radius 3 is 2.86 bits per heavy atom. The van der Waals surface area contributed by atoms with E-state index in [1.54, 1.807) is 13.1 Å². The molecule has 1 N–H and O–H groups in total. The van der Waals surface area contributed by atoms with Crippen LogP contribution in [-0.2, 0) is 7.05 Å². The molecular weight excluding hydrogens is 184 g/mol. The number of aryl methyl sites for hydroxylation is 2. The summed E-state index contributed by atoms with van der Waals surface area (Å²) in [6.45, 7) is 1.85. The highest BCUT2D eigenvalue weighted by molar-refractivity contribution is 5.20. The summed E-state index contributed by atoms with van der Waals surface area (Å²) in [6.07, 6.45) is 0.572. The van der Waals surface area contributed by atoms with E-state index < -0.39 is 6.10 Å². The first-order valence-electron chi connectivity index (χ1n) is 4.14. The average molecular weight is 194 g/mol. The van der Waals surface area contributed by atoms with Crippen molar-refractivity contribution in [1.29, 1.82) is 0 Å². The second-order valence-corrected chi connectivity index (χ2v) is 3.01. The molecule has 1 atom stereocenters. The summed E-state index contributed by atoms with van der Waals surface area (Å²) in [4.78, 5) is 1.29. The molecule has 0 aromatic carbocycles. The quantitative estimate of drug-likeness (QED) is 0.738. The fourth-order valence-electron chi connectivity index (χ4n) is 1.19. The fraction of sp³-hybridized carbons (Fsp3) is 0.375.